The summed E-state index contributed by atoms with van der Waals surface area (Å²) in [6, 6.07) is 1.50. The van der Waals surface area contributed by atoms with Gasteiger partial charge in [-0.3, -0.25) is 4.90 Å². The lowest BCUT2D eigenvalue weighted by molar-refractivity contribution is 0.122. The molecule has 0 aromatic rings. The molecule has 0 aromatic carbocycles. The first-order valence-corrected chi connectivity index (χ1v) is 7.30. The fourth-order valence-electron chi connectivity index (χ4n) is 3.88. The van der Waals surface area contributed by atoms with Crippen molar-refractivity contribution in [3.8, 4) is 0 Å². The molecule has 2 unspecified atom stereocenters. The van der Waals surface area contributed by atoms with Gasteiger partial charge in [0.1, 0.15) is 0 Å². The lowest BCUT2D eigenvalue weighted by Gasteiger charge is -2.35. The smallest absolute Gasteiger partial charge is 0.0613 e. The first-order valence-electron chi connectivity index (χ1n) is 7.30. The van der Waals surface area contributed by atoms with Crippen LogP contribution in [-0.4, -0.2) is 47.8 Å². The predicted molar refractivity (Wildman–Crippen MR) is 71.2 cm³/mol. The van der Waals surface area contributed by atoms with E-state index in [9.17, 15) is 5.11 Å². The van der Waals surface area contributed by atoms with Gasteiger partial charge in [-0.05, 0) is 45.7 Å². The van der Waals surface area contributed by atoms with Crippen molar-refractivity contribution in [1.82, 2.24) is 10.2 Å². The summed E-state index contributed by atoms with van der Waals surface area (Å²) in [5, 5.41) is 12.9. The van der Waals surface area contributed by atoms with Crippen LogP contribution in [0, 0.1) is 0 Å². The van der Waals surface area contributed by atoms with E-state index in [2.05, 4.69) is 17.1 Å². The molecule has 2 saturated carbocycles. The molecule has 100 valence electrons. The minimum Gasteiger partial charge on any atom is -0.394 e. The fraction of sp³-hybridized carbons (Fsp3) is 1.00. The van der Waals surface area contributed by atoms with E-state index in [4.69, 9.17) is 0 Å². The van der Waals surface area contributed by atoms with Gasteiger partial charge in [0.15, 0.2) is 0 Å². The van der Waals surface area contributed by atoms with E-state index < -0.39 is 0 Å². The van der Waals surface area contributed by atoms with E-state index in [-0.39, 0.29) is 12.1 Å². The maximum absolute atomic E-state index is 9.57. The van der Waals surface area contributed by atoms with Crippen LogP contribution in [0.3, 0.4) is 0 Å². The molecule has 0 saturated heterocycles. The SMILES string of the molecule is CCN(C1CCCC1)C1CCC(CO)(NC)C1. The van der Waals surface area contributed by atoms with E-state index in [0.717, 1.165) is 18.9 Å². The Hall–Kier alpha value is -0.120. The minimum atomic E-state index is -0.00328. The normalized spacial score (nSPS) is 34.9. The molecular weight excluding hydrogens is 212 g/mol. The molecule has 3 nitrogen and oxygen atoms in total. The Bertz CT molecular complexity index is 234. The molecule has 0 amide bonds. The summed E-state index contributed by atoms with van der Waals surface area (Å²) in [5.74, 6) is 0. The summed E-state index contributed by atoms with van der Waals surface area (Å²) in [6.45, 7) is 3.74. The van der Waals surface area contributed by atoms with E-state index >= 15 is 0 Å². The Kier molecular flexibility index (Phi) is 4.45. The van der Waals surface area contributed by atoms with Crippen LogP contribution in [0.1, 0.15) is 51.9 Å². The van der Waals surface area contributed by atoms with E-state index in [0.29, 0.717) is 6.04 Å². The summed E-state index contributed by atoms with van der Waals surface area (Å²) >= 11 is 0. The van der Waals surface area contributed by atoms with Crippen LogP contribution in [0.4, 0.5) is 0 Å². The van der Waals surface area contributed by atoms with Crippen molar-refractivity contribution >= 4 is 0 Å². The summed E-state index contributed by atoms with van der Waals surface area (Å²) in [5.41, 5.74) is -0.00328. The minimum absolute atomic E-state index is 0.00328. The zero-order valence-corrected chi connectivity index (χ0v) is 11.4. The average molecular weight is 240 g/mol. The topological polar surface area (TPSA) is 35.5 Å². The number of likely N-dealkylation sites (N-methyl/N-ethyl adjacent to an activating group) is 1. The Balaban J connectivity index is 1.97. The fourth-order valence-corrected chi connectivity index (χ4v) is 3.88. The van der Waals surface area contributed by atoms with Crippen molar-refractivity contribution in [3.05, 3.63) is 0 Å². The van der Waals surface area contributed by atoms with Crippen molar-refractivity contribution in [2.45, 2.75) is 69.5 Å². The van der Waals surface area contributed by atoms with Gasteiger partial charge in [-0.2, -0.15) is 0 Å². The lowest BCUT2D eigenvalue weighted by atomic mass is 9.98. The number of hydrogen-bond acceptors (Lipinski definition) is 3. The summed E-state index contributed by atoms with van der Waals surface area (Å²) in [4.78, 5) is 2.71. The maximum atomic E-state index is 9.57. The van der Waals surface area contributed by atoms with E-state index in [1.807, 2.05) is 7.05 Å². The number of rotatable bonds is 5. The predicted octanol–water partition coefficient (Wildman–Crippen LogP) is 1.75. The monoisotopic (exact) mass is 240 g/mol. The number of aliphatic hydroxyl groups is 1. The van der Waals surface area contributed by atoms with Gasteiger partial charge in [0.25, 0.3) is 0 Å². The largest absolute Gasteiger partial charge is 0.394 e. The van der Waals surface area contributed by atoms with E-state index in [1.165, 1.54) is 38.6 Å². The lowest BCUT2D eigenvalue weighted by Crippen LogP contribution is -2.47. The molecule has 0 spiro atoms. The van der Waals surface area contributed by atoms with Crippen LogP contribution in [-0.2, 0) is 0 Å². The Labute approximate surface area is 106 Å². The molecule has 0 heterocycles. The maximum Gasteiger partial charge on any atom is 0.0613 e. The van der Waals surface area contributed by atoms with Gasteiger partial charge < -0.3 is 10.4 Å². The summed E-state index contributed by atoms with van der Waals surface area (Å²) in [6.07, 6.45) is 9.06. The molecule has 2 N–H and O–H groups in total. The van der Waals surface area contributed by atoms with Gasteiger partial charge in [-0.1, -0.05) is 19.8 Å². The van der Waals surface area contributed by atoms with Crippen LogP contribution < -0.4 is 5.32 Å². The average Bonchev–Trinajstić information content (AvgIpc) is 3.00. The molecule has 2 atom stereocenters. The van der Waals surface area contributed by atoms with Gasteiger partial charge in [-0.25, -0.2) is 0 Å². The third-order valence-corrected chi connectivity index (χ3v) is 5.04. The zero-order chi connectivity index (χ0) is 12.3. The quantitative estimate of drug-likeness (QED) is 0.768. The number of aliphatic hydroxyl groups excluding tert-OH is 1. The molecule has 2 aliphatic rings. The van der Waals surface area contributed by atoms with Gasteiger partial charge in [0.05, 0.1) is 6.61 Å². The number of nitrogens with one attached hydrogen (secondary N) is 1. The van der Waals surface area contributed by atoms with Crippen molar-refractivity contribution in [2.75, 3.05) is 20.2 Å². The third-order valence-electron chi connectivity index (χ3n) is 5.04. The second-order valence-electron chi connectivity index (χ2n) is 5.85. The highest BCUT2D eigenvalue weighted by Crippen LogP contribution is 2.36. The molecule has 0 aliphatic heterocycles. The molecule has 17 heavy (non-hydrogen) atoms. The van der Waals surface area contributed by atoms with Gasteiger partial charge in [0.2, 0.25) is 0 Å². The second-order valence-corrected chi connectivity index (χ2v) is 5.85. The van der Waals surface area contributed by atoms with Crippen molar-refractivity contribution in [2.24, 2.45) is 0 Å². The van der Waals surface area contributed by atoms with Gasteiger partial charge in [-0.15, -0.1) is 0 Å². The van der Waals surface area contributed by atoms with Gasteiger partial charge in [0, 0.05) is 17.6 Å². The van der Waals surface area contributed by atoms with Crippen LogP contribution in [0.5, 0.6) is 0 Å². The summed E-state index contributed by atoms with van der Waals surface area (Å²) in [7, 11) is 1.99. The highest BCUT2D eigenvalue weighted by atomic mass is 16.3. The highest BCUT2D eigenvalue weighted by Gasteiger charge is 2.41. The van der Waals surface area contributed by atoms with Crippen LogP contribution in [0.15, 0.2) is 0 Å². The first kappa shape index (κ1) is 13.3. The molecule has 0 bridgehead atoms. The number of hydrogen-bond donors (Lipinski definition) is 2. The second kappa shape index (κ2) is 5.68. The Morgan fingerprint density at radius 3 is 2.41 bits per heavy atom. The van der Waals surface area contributed by atoms with Crippen molar-refractivity contribution in [3.63, 3.8) is 0 Å². The van der Waals surface area contributed by atoms with Crippen molar-refractivity contribution in [1.29, 1.82) is 0 Å². The third kappa shape index (κ3) is 2.67. The van der Waals surface area contributed by atoms with E-state index in [1.54, 1.807) is 0 Å². The molecule has 2 fully saturated rings. The number of nitrogens with zero attached hydrogens (tertiary/aromatic N) is 1. The molecular formula is C14H28N2O. The van der Waals surface area contributed by atoms with Gasteiger partial charge >= 0.3 is 0 Å². The molecule has 3 heteroatoms. The first-order chi connectivity index (χ1) is 8.24. The van der Waals surface area contributed by atoms with Crippen LogP contribution in [0.2, 0.25) is 0 Å². The Morgan fingerprint density at radius 1 is 1.24 bits per heavy atom. The summed E-state index contributed by atoms with van der Waals surface area (Å²) < 4.78 is 0. The molecule has 2 rings (SSSR count). The molecule has 0 radical (unpaired) electrons. The van der Waals surface area contributed by atoms with Crippen LogP contribution in [0.25, 0.3) is 0 Å². The molecule has 2 aliphatic carbocycles. The van der Waals surface area contributed by atoms with Crippen LogP contribution >= 0.6 is 0 Å². The van der Waals surface area contributed by atoms with Crippen molar-refractivity contribution < 1.29 is 5.11 Å². The highest BCUT2D eigenvalue weighted by molar-refractivity contribution is 4.99. The standard InChI is InChI=1S/C14H28N2O/c1-3-16(12-6-4-5-7-12)13-8-9-14(10-13,11-17)15-2/h12-13,15,17H,3-11H2,1-2H3. The zero-order valence-electron chi connectivity index (χ0n) is 11.4. The Morgan fingerprint density at radius 2 is 1.94 bits per heavy atom. The molecule has 0 aromatic heterocycles.